The van der Waals surface area contributed by atoms with E-state index in [-0.39, 0.29) is 24.4 Å². The number of likely N-dealkylation sites (tertiary alicyclic amines) is 1. The second-order valence-corrected chi connectivity index (χ2v) is 5.67. The van der Waals surface area contributed by atoms with Crippen LogP contribution in [0, 0.1) is 5.41 Å². The number of nitrogens with zero attached hydrogens (tertiary/aromatic N) is 1. The van der Waals surface area contributed by atoms with Crippen molar-refractivity contribution in [2.24, 2.45) is 11.1 Å². The Morgan fingerprint density at radius 3 is 2.12 bits per heavy atom. The van der Waals surface area contributed by atoms with Gasteiger partial charge in [0, 0.05) is 13.1 Å². The van der Waals surface area contributed by atoms with Gasteiger partial charge in [-0.1, -0.05) is 19.3 Å². The number of amides is 1. The van der Waals surface area contributed by atoms with E-state index in [0.29, 0.717) is 5.41 Å². The van der Waals surface area contributed by atoms with Gasteiger partial charge < -0.3 is 10.6 Å². The molecule has 2 fully saturated rings. The normalized spacial score (nSPS) is 25.2. The molecule has 17 heavy (non-hydrogen) atoms. The van der Waals surface area contributed by atoms with Gasteiger partial charge in [-0.2, -0.15) is 0 Å². The van der Waals surface area contributed by atoms with Gasteiger partial charge in [0.05, 0.1) is 6.04 Å². The Hall–Kier alpha value is -0.280. The number of hydrogen-bond donors (Lipinski definition) is 1. The SMILES string of the molecule is CC(N)C(=O)N1CCC2(CCCCC2)CC1.Cl. The molecule has 0 radical (unpaired) electrons. The largest absolute Gasteiger partial charge is 0.341 e. The van der Waals surface area contributed by atoms with Crippen LogP contribution in [0.15, 0.2) is 0 Å². The van der Waals surface area contributed by atoms with E-state index in [0.717, 1.165) is 13.1 Å². The predicted octanol–water partition coefficient (Wildman–Crippen LogP) is 2.33. The lowest BCUT2D eigenvalue weighted by molar-refractivity contribution is -0.134. The number of hydrogen-bond acceptors (Lipinski definition) is 2. The molecule has 1 saturated heterocycles. The Bertz CT molecular complexity index is 252. The fourth-order valence-corrected chi connectivity index (χ4v) is 3.29. The lowest BCUT2D eigenvalue weighted by atomic mass is 9.68. The van der Waals surface area contributed by atoms with Crippen molar-refractivity contribution in [3.63, 3.8) is 0 Å². The van der Waals surface area contributed by atoms with Gasteiger partial charge in [0.25, 0.3) is 0 Å². The van der Waals surface area contributed by atoms with E-state index in [1.54, 1.807) is 6.92 Å². The molecular weight excluding hydrogens is 236 g/mol. The number of carbonyl (C=O) groups is 1. The minimum atomic E-state index is -0.333. The number of rotatable bonds is 1. The summed E-state index contributed by atoms with van der Waals surface area (Å²) in [5, 5.41) is 0. The molecule has 100 valence electrons. The van der Waals surface area contributed by atoms with E-state index < -0.39 is 0 Å². The smallest absolute Gasteiger partial charge is 0.239 e. The first-order valence-corrected chi connectivity index (χ1v) is 6.67. The van der Waals surface area contributed by atoms with Crippen LogP contribution >= 0.6 is 12.4 Å². The molecule has 1 spiro atoms. The quantitative estimate of drug-likeness (QED) is 0.787. The van der Waals surface area contributed by atoms with Crippen molar-refractivity contribution in [3.05, 3.63) is 0 Å². The Morgan fingerprint density at radius 1 is 1.12 bits per heavy atom. The molecule has 2 N–H and O–H groups in total. The van der Waals surface area contributed by atoms with Crippen LogP contribution in [0.5, 0.6) is 0 Å². The molecule has 0 aromatic carbocycles. The third-order valence-corrected chi connectivity index (χ3v) is 4.44. The van der Waals surface area contributed by atoms with Crippen LogP contribution in [-0.4, -0.2) is 29.9 Å². The van der Waals surface area contributed by atoms with Crippen LogP contribution < -0.4 is 5.73 Å². The summed E-state index contributed by atoms with van der Waals surface area (Å²) in [7, 11) is 0. The van der Waals surface area contributed by atoms with Crippen LogP contribution in [0.3, 0.4) is 0 Å². The first kappa shape index (κ1) is 14.8. The van der Waals surface area contributed by atoms with Crippen molar-refractivity contribution in [1.82, 2.24) is 4.90 Å². The molecule has 1 unspecified atom stereocenters. The van der Waals surface area contributed by atoms with Gasteiger partial charge in [0.15, 0.2) is 0 Å². The standard InChI is InChI=1S/C13H24N2O.ClH/c1-11(14)12(16)15-9-7-13(8-10-15)5-3-2-4-6-13;/h11H,2-10,14H2,1H3;1H. The van der Waals surface area contributed by atoms with Crippen molar-refractivity contribution in [2.45, 2.75) is 57.9 Å². The summed E-state index contributed by atoms with van der Waals surface area (Å²) in [6, 6.07) is -0.333. The fraction of sp³-hybridized carbons (Fsp3) is 0.923. The van der Waals surface area contributed by atoms with E-state index in [1.165, 1.54) is 44.9 Å². The summed E-state index contributed by atoms with van der Waals surface area (Å²) >= 11 is 0. The minimum Gasteiger partial charge on any atom is -0.341 e. The van der Waals surface area contributed by atoms with E-state index in [2.05, 4.69) is 0 Å². The Kier molecular flexibility index (Phi) is 5.26. The summed E-state index contributed by atoms with van der Waals surface area (Å²) < 4.78 is 0. The summed E-state index contributed by atoms with van der Waals surface area (Å²) in [5.74, 6) is 0.130. The molecule has 1 heterocycles. The number of carbonyl (C=O) groups excluding carboxylic acids is 1. The van der Waals surface area contributed by atoms with Crippen molar-refractivity contribution in [3.8, 4) is 0 Å². The molecular formula is C13H25ClN2O. The fourth-order valence-electron chi connectivity index (χ4n) is 3.29. The number of nitrogens with two attached hydrogens (primary N) is 1. The second-order valence-electron chi connectivity index (χ2n) is 5.67. The zero-order chi connectivity index (χ0) is 11.6. The molecule has 0 aromatic heterocycles. The predicted molar refractivity (Wildman–Crippen MR) is 72.2 cm³/mol. The van der Waals surface area contributed by atoms with Crippen LogP contribution in [0.2, 0.25) is 0 Å². The summed E-state index contributed by atoms with van der Waals surface area (Å²) in [6.07, 6.45) is 9.35. The minimum absolute atomic E-state index is 0. The zero-order valence-electron chi connectivity index (χ0n) is 10.8. The molecule has 2 aliphatic rings. The molecule has 4 heteroatoms. The highest BCUT2D eigenvalue weighted by molar-refractivity contribution is 5.85. The number of halogens is 1. The van der Waals surface area contributed by atoms with Crippen molar-refractivity contribution in [1.29, 1.82) is 0 Å². The molecule has 1 atom stereocenters. The Morgan fingerprint density at radius 2 is 1.65 bits per heavy atom. The highest BCUT2D eigenvalue weighted by atomic mass is 35.5. The molecule has 1 aliphatic heterocycles. The average molecular weight is 261 g/mol. The van der Waals surface area contributed by atoms with Gasteiger partial charge in [-0.15, -0.1) is 12.4 Å². The van der Waals surface area contributed by atoms with E-state index in [9.17, 15) is 4.79 Å². The third-order valence-electron chi connectivity index (χ3n) is 4.44. The van der Waals surface area contributed by atoms with Crippen molar-refractivity contribution < 1.29 is 4.79 Å². The van der Waals surface area contributed by atoms with Gasteiger partial charge in [0.1, 0.15) is 0 Å². The maximum Gasteiger partial charge on any atom is 0.239 e. The maximum atomic E-state index is 11.8. The van der Waals surface area contributed by atoms with Crippen molar-refractivity contribution in [2.75, 3.05) is 13.1 Å². The molecule has 2 rings (SSSR count). The number of piperidine rings is 1. The van der Waals surface area contributed by atoms with Gasteiger partial charge in [-0.05, 0) is 38.0 Å². The van der Waals surface area contributed by atoms with Gasteiger partial charge >= 0.3 is 0 Å². The third kappa shape index (κ3) is 3.35. The van der Waals surface area contributed by atoms with Gasteiger partial charge in [-0.25, -0.2) is 0 Å². The highest BCUT2D eigenvalue weighted by Crippen LogP contribution is 2.44. The van der Waals surface area contributed by atoms with E-state index >= 15 is 0 Å². The van der Waals surface area contributed by atoms with Gasteiger partial charge in [-0.3, -0.25) is 4.79 Å². The first-order chi connectivity index (χ1) is 7.63. The van der Waals surface area contributed by atoms with Crippen LogP contribution in [-0.2, 0) is 4.79 Å². The average Bonchev–Trinajstić information content (AvgIpc) is 2.30. The first-order valence-electron chi connectivity index (χ1n) is 6.67. The summed E-state index contributed by atoms with van der Waals surface area (Å²) in [6.45, 7) is 3.65. The second kappa shape index (κ2) is 6.05. The van der Waals surface area contributed by atoms with E-state index in [1.807, 2.05) is 4.90 Å². The molecule has 3 nitrogen and oxygen atoms in total. The van der Waals surface area contributed by atoms with Crippen LogP contribution in [0.25, 0.3) is 0 Å². The summed E-state index contributed by atoms with van der Waals surface area (Å²) in [4.78, 5) is 13.7. The Labute approximate surface area is 111 Å². The van der Waals surface area contributed by atoms with Crippen molar-refractivity contribution >= 4 is 18.3 Å². The van der Waals surface area contributed by atoms with Crippen LogP contribution in [0.1, 0.15) is 51.9 Å². The molecule has 0 aromatic rings. The Balaban J connectivity index is 0.00000144. The monoisotopic (exact) mass is 260 g/mol. The van der Waals surface area contributed by atoms with E-state index in [4.69, 9.17) is 5.73 Å². The molecule has 1 saturated carbocycles. The highest BCUT2D eigenvalue weighted by Gasteiger charge is 2.36. The molecule has 1 aliphatic carbocycles. The van der Waals surface area contributed by atoms with Crippen LogP contribution in [0.4, 0.5) is 0 Å². The zero-order valence-corrected chi connectivity index (χ0v) is 11.6. The summed E-state index contributed by atoms with van der Waals surface area (Å²) in [5.41, 5.74) is 6.22. The lowest BCUT2D eigenvalue weighted by Gasteiger charge is -2.44. The molecule has 1 amide bonds. The molecule has 0 bridgehead atoms. The topological polar surface area (TPSA) is 46.3 Å². The van der Waals surface area contributed by atoms with Gasteiger partial charge in [0.2, 0.25) is 5.91 Å². The maximum absolute atomic E-state index is 11.8. The lowest BCUT2D eigenvalue weighted by Crippen LogP contribution is -2.48.